The molecule has 0 aromatic carbocycles. The molecule has 2 fully saturated rings. The van der Waals surface area contributed by atoms with E-state index in [0.717, 1.165) is 48.3 Å². The highest BCUT2D eigenvalue weighted by molar-refractivity contribution is 7.10. The van der Waals surface area contributed by atoms with Gasteiger partial charge in [0.1, 0.15) is 5.69 Å². The highest BCUT2D eigenvalue weighted by Gasteiger charge is 2.44. The number of rotatable bonds is 5. The van der Waals surface area contributed by atoms with Gasteiger partial charge in [-0.1, -0.05) is 5.21 Å². The molecule has 4 heterocycles. The molecule has 0 amide bonds. The van der Waals surface area contributed by atoms with E-state index in [1.54, 1.807) is 11.3 Å². The van der Waals surface area contributed by atoms with Crippen molar-refractivity contribution in [1.82, 2.24) is 24.4 Å². The predicted octanol–water partition coefficient (Wildman–Crippen LogP) is 3.03. The summed E-state index contributed by atoms with van der Waals surface area (Å²) in [6.07, 6.45) is 4.31. The summed E-state index contributed by atoms with van der Waals surface area (Å²) in [7, 11) is 5.77. The summed E-state index contributed by atoms with van der Waals surface area (Å²) in [5, 5.41) is 14.1. The van der Waals surface area contributed by atoms with Gasteiger partial charge in [0.05, 0.1) is 18.3 Å². The first-order valence-corrected chi connectivity index (χ1v) is 11.6. The van der Waals surface area contributed by atoms with Crippen molar-refractivity contribution in [3.8, 4) is 11.3 Å². The molecule has 1 saturated carbocycles. The van der Waals surface area contributed by atoms with Gasteiger partial charge in [-0.05, 0) is 36.1 Å². The molecule has 154 valence electrons. The Kier molecular flexibility index (Phi) is 5.00. The topological polar surface area (TPSA) is 72.2 Å². The summed E-state index contributed by atoms with van der Waals surface area (Å²) in [6, 6.07) is 2.30. The van der Waals surface area contributed by atoms with Crippen molar-refractivity contribution in [1.29, 1.82) is 0 Å². The van der Waals surface area contributed by atoms with E-state index >= 15 is 0 Å². The van der Waals surface area contributed by atoms with Crippen LogP contribution >= 0.6 is 22.9 Å². The molecule has 0 unspecified atom stereocenters. The third kappa shape index (κ3) is 3.53. The molecule has 0 bridgehead atoms. The van der Waals surface area contributed by atoms with Crippen LogP contribution in [0, 0.1) is 11.8 Å². The zero-order valence-electron chi connectivity index (χ0n) is 16.8. The van der Waals surface area contributed by atoms with Crippen LogP contribution in [0.2, 0.25) is 0 Å². The SMILES string of the molecule is CO[C@@H]1C[C@H]2CN(c3nc(N(C)C)ns3)C[C@H]2C[C@H]1n1cc(-c2ccsc2)nn1. The molecular formula is C19H25N7OS2. The molecule has 10 heteroatoms. The second-order valence-electron chi connectivity index (χ2n) is 8.11. The Morgan fingerprint density at radius 1 is 1.21 bits per heavy atom. The van der Waals surface area contributed by atoms with E-state index in [4.69, 9.17) is 9.72 Å². The van der Waals surface area contributed by atoms with Gasteiger partial charge in [-0.15, -0.1) is 5.10 Å². The van der Waals surface area contributed by atoms with Gasteiger partial charge in [-0.25, -0.2) is 4.68 Å². The Bertz CT molecular complexity index is 954. The minimum absolute atomic E-state index is 0.153. The molecular weight excluding hydrogens is 406 g/mol. The Labute approximate surface area is 178 Å². The maximum absolute atomic E-state index is 5.91. The second-order valence-corrected chi connectivity index (χ2v) is 9.62. The van der Waals surface area contributed by atoms with Crippen LogP contribution in [0.4, 0.5) is 11.1 Å². The molecule has 1 aliphatic carbocycles. The van der Waals surface area contributed by atoms with E-state index in [9.17, 15) is 0 Å². The lowest BCUT2D eigenvalue weighted by Crippen LogP contribution is -2.37. The summed E-state index contributed by atoms with van der Waals surface area (Å²) in [4.78, 5) is 9.05. The van der Waals surface area contributed by atoms with E-state index in [1.807, 2.05) is 30.8 Å². The van der Waals surface area contributed by atoms with Gasteiger partial charge >= 0.3 is 0 Å². The van der Waals surface area contributed by atoms with E-state index < -0.39 is 0 Å². The van der Waals surface area contributed by atoms with Crippen LogP contribution in [0.25, 0.3) is 11.3 Å². The number of hydrogen-bond donors (Lipinski definition) is 0. The molecule has 8 nitrogen and oxygen atoms in total. The first-order chi connectivity index (χ1) is 14.1. The maximum atomic E-state index is 5.91. The average molecular weight is 432 g/mol. The molecule has 29 heavy (non-hydrogen) atoms. The first kappa shape index (κ1) is 19.0. The zero-order chi connectivity index (χ0) is 20.0. The highest BCUT2D eigenvalue weighted by Crippen LogP contribution is 2.43. The third-order valence-electron chi connectivity index (χ3n) is 6.13. The van der Waals surface area contributed by atoms with Crippen molar-refractivity contribution in [3.05, 3.63) is 23.0 Å². The molecule has 1 saturated heterocycles. The molecule has 4 atom stereocenters. The number of aromatic nitrogens is 5. The minimum Gasteiger partial charge on any atom is -0.379 e. The lowest BCUT2D eigenvalue weighted by atomic mass is 9.77. The van der Waals surface area contributed by atoms with Crippen LogP contribution in [0.15, 0.2) is 23.0 Å². The zero-order valence-corrected chi connectivity index (χ0v) is 18.4. The Morgan fingerprint density at radius 3 is 2.72 bits per heavy atom. The quantitative estimate of drug-likeness (QED) is 0.615. The maximum Gasteiger partial charge on any atom is 0.238 e. The fraction of sp³-hybridized carbons (Fsp3) is 0.579. The van der Waals surface area contributed by atoms with Crippen LogP contribution in [-0.2, 0) is 4.74 Å². The fourth-order valence-electron chi connectivity index (χ4n) is 4.58. The number of methoxy groups -OCH3 is 1. The number of hydrogen-bond acceptors (Lipinski definition) is 9. The second kappa shape index (κ2) is 7.66. The molecule has 3 aromatic heterocycles. The molecule has 3 aromatic rings. The smallest absolute Gasteiger partial charge is 0.238 e. The molecule has 0 N–H and O–H groups in total. The van der Waals surface area contributed by atoms with Gasteiger partial charge in [-0.2, -0.15) is 20.7 Å². The molecule has 1 aliphatic heterocycles. The van der Waals surface area contributed by atoms with Gasteiger partial charge in [-0.3, -0.25) is 0 Å². The predicted molar refractivity (Wildman–Crippen MR) is 116 cm³/mol. The number of thiophene rings is 1. The Morgan fingerprint density at radius 2 is 2.03 bits per heavy atom. The van der Waals surface area contributed by atoms with Gasteiger partial charge in [0.2, 0.25) is 11.1 Å². The molecule has 0 radical (unpaired) electrons. The number of nitrogens with zero attached hydrogens (tertiary/aromatic N) is 7. The van der Waals surface area contributed by atoms with Gasteiger partial charge in [0.25, 0.3) is 0 Å². The fourth-order valence-corrected chi connectivity index (χ4v) is 5.98. The third-order valence-corrected chi connectivity index (χ3v) is 7.58. The average Bonchev–Trinajstić information content (AvgIpc) is 3.52. The lowest BCUT2D eigenvalue weighted by Gasteiger charge is -2.36. The number of fused-ring (bicyclic) bond motifs is 1. The van der Waals surface area contributed by atoms with Crippen molar-refractivity contribution < 1.29 is 4.74 Å². The van der Waals surface area contributed by atoms with Crippen LogP contribution in [0.5, 0.6) is 0 Å². The van der Waals surface area contributed by atoms with Crippen LogP contribution in [0.3, 0.4) is 0 Å². The Hall–Kier alpha value is -2.04. The molecule has 2 aliphatic rings. The van der Waals surface area contributed by atoms with E-state index in [-0.39, 0.29) is 12.1 Å². The standard InChI is InChI=1S/C19H25N7OS2/c1-24(2)18-20-19(29-22-18)25-8-13-6-16(17(27-3)7-14(13)9-25)26-10-15(21-23-26)12-4-5-28-11-12/h4-5,10-11,13-14,16-17H,6-9H2,1-3H3/t13-,14+,16-,17-/m1/s1. The van der Waals surface area contributed by atoms with Crippen molar-refractivity contribution in [3.63, 3.8) is 0 Å². The largest absolute Gasteiger partial charge is 0.379 e. The van der Waals surface area contributed by atoms with Crippen LogP contribution in [0.1, 0.15) is 18.9 Å². The number of ether oxygens (including phenoxy) is 1. The lowest BCUT2D eigenvalue weighted by molar-refractivity contribution is -0.00541. The van der Waals surface area contributed by atoms with Gasteiger partial charge < -0.3 is 14.5 Å². The number of anilines is 2. The monoisotopic (exact) mass is 431 g/mol. The minimum atomic E-state index is 0.153. The summed E-state index contributed by atoms with van der Waals surface area (Å²) in [5.41, 5.74) is 2.06. The van der Waals surface area contributed by atoms with Crippen molar-refractivity contribution >= 4 is 33.9 Å². The van der Waals surface area contributed by atoms with Crippen LogP contribution in [-0.4, -0.2) is 64.8 Å². The van der Waals surface area contributed by atoms with E-state index in [0.29, 0.717) is 11.8 Å². The summed E-state index contributed by atoms with van der Waals surface area (Å²) in [5.74, 6) is 2.01. The van der Waals surface area contributed by atoms with Crippen molar-refractivity contribution in [2.24, 2.45) is 11.8 Å². The van der Waals surface area contributed by atoms with Crippen molar-refractivity contribution in [2.45, 2.75) is 25.0 Å². The summed E-state index contributed by atoms with van der Waals surface area (Å²) >= 11 is 3.17. The summed E-state index contributed by atoms with van der Waals surface area (Å²) < 4.78 is 12.4. The molecule has 5 rings (SSSR count). The van der Waals surface area contributed by atoms with Gasteiger partial charge in [0.15, 0.2) is 0 Å². The van der Waals surface area contributed by atoms with Crippen molar-refractivity contribution in [2.75, 3.05) is 44.1 Å². The Balaban J connectivity index is 1.33. The first-order valence-electron chi connectivity index (χ1n) is 9.85. The van der Waals surface area contributed by atoms with E-state index in [1.165, 1.54) is 11.5 Å². The normalized spacial score (nSPS) is 26.7. The summed E-state index contributed by atoms with van der Waals surface area (Å²) in [6.45, 7) is 2.04. The highest BCUT2D eigenvalue weighted by atomic mass is 32.1. The van der Waals surface area contributed by atoms with Crippen LogP contribution < -0.4 is 9.80 Å². The molecule has 0 spiro atoms. The van der Waals surface area contributed by atoms with Gasteiger partial charge in [0, 0.05) is 56.8 Å². The van der Waals surface area contributed by atoms with E-state index in [2.05, 4.69) is 42.6 Å².